The predicted molar refractivity (Wildman–Crippen MR) is 67.2 cm³/mol. The maximum Gasteiger partial charge on any atom is 0.177 e. The topological polar surface area (TPSA) is 41.6 Å². The molecule has 2 N–H and O–H groups in total. The van der Waals surface area contributed by atoms with Crippen molar-refractivity contribution in [3.05, 3.63) is 40.1 Å². The molecule has 0 fully saturated rings. The normalized spacial score (nSPS) is 20.1. The van der Waals surface area contributed by atoms with Crippen LogP contribution in [0, 0.1) is 3.57 Å². The lowest BCUT2D eigenvalue weighted by Gasteiger charge is -2.26. The fourth-order valence-electron chi connectivity index (χ4n) is 1.28. The highest BCUT2D eigenvalue weighted by molar-refractivity contribution is 14.1. The summed E-state index contributed by atoms with van der Waals surface area (Å²) in [5, 5.41) is 0. The van der Waals surface area contributed by atoms with E-state index in [4.69, 9.17) is 5.73 Å². The average Bonchev–Trinajstić information content (AvgIpc) is 2.20. The highest BCUT2D eigenvalue weighted by Crippen LogP contribution is 2.19. The van der Waals surface area contributed by atoms with Gasteiger partial charge in [0.25, 0.3) is 0 Å². The monoisotopic (exact) mass is 299 g/mol. The minimum atomic E-state index is -0.305. The molecule has 0 saturated heterocycles. The molecule has 0 bridgehead atoms. The second-order valence-electron chi connectivity index (χ2n) is 2.94. The van der Waals surface area contributed by atoms with Crippen LogP contribution < -0.4 is 10.6 Å². The lowest BCUT2D eigenvalue weighted by Crippen LogP contribution is -2.38. The Morgan fingerprint density at radius 1 is 1.29 bits per heavy atom. The molecule has 0 spiro atoms. The maximum absolute atomic E-state index is 5.82. The van der Waals surface area contributed by atoms with E-state index in [-0.39, 0.29) is 6.29 Å². The summed E-state index contributed by atoms with van der Waals surface area (Å²) in [6.07, 6.45) is 5.22. The van der Waals surface area contributed by atoms with Gasteiger partial charge in [-0.2, -0.15) is 0 Å². The molecule has 0 radical (unpaired) electrons. The molecule has 1 aliphatic rings. The van der Waals surface area contributed by atoms with Gasteiger partial charge < -0.3 is 4.90 Å². The number of rotatable bonds is 1. The quantitative estimate of drug-likeness (QED) is 0.805. The van der Waals surface area contributed by atoms with Crippen molar-refractivity contribution in [2.45, 2.75) is 6.29 Å². The van der Waals surface area contributed by atoms with Gasteiger partial charge in [-0.25, -0.2) is 0 Å². The van der Waals surface area contributed by atoms with Crippen molar-refractivity contribution in [3.8, 4) is 0 Å². The molecule has 3 nitrogen and oxygen atoms in total. The third-order valence-electron chi connectivity index (χ3n) is 1.98. The second kappa shape index (κ2) is 4.10. The zero-order chi connectivity index (χ0) is 9.97. The molecule has 1 heterocycles. The van der Waals surface area contributed by atoms with Crippen molar-refractivity contribution < 1.29 is 0 Å². The SMILES string of the molecule is NC1N=CC=CN1c1ccc(I)cc1. The van der Waals surface area contributed by atoms with Crippen LogP contribution in [0.2, 0.25) is 0 Å². The molecule has 72 valence electrons. The van der Waals surface area contributed by atoms with Crippen LogP contribution in [0.25, 0.3) is 0 Å². The summed E-state index contributed by atoms with van der Waals surface area (Å²) < 4.78 is 1.21. The van der Waals surface area contributed by atoms with Gasteiger partial charge in [-0.15, -0.1) is 0 Å². The first kappa shape index (κ1) is 9.67. The van der Waals surface area contributed by atoms with E-state index in [1.54, 1.807) is 6.21 Å². The molecule has 1 unspecified atom stereocenters. The summed E-state index contributed by atoms with van der Waals surface area (Å²) in [5.74, 6) is 0. The zero-order valence-electron chi connectivity index (χ0n) is 7.47. The van der Waals surface area contributed by atoms with Crippen LogP contribution in [-0.4, -0.2) is 12.5 Å². The lowest BCUT2D eigenvalue weighted by atomic mass is 10.3. The van der Waals surface area contributed by atoms with Gasteiger partial charge in [0, 0.05) is 21.7 Å². The first-order valence-electron chi connectivity index (χ1n) is 4.27. The largest absolute Gasteiger partial charge is 0.313 e. The van der Waals surface area contributed by atoms with Gasteiger partial charge >= 0.3 is 0 Å². The minimum absolute atomic E-state index is 0.305. The highest BCUT2D eigenvalue weighted by Gasteiger charge is 2.11. The summed E-state index contributed by atoms with van der Waals surface area (Å²) in [7, 11) is 0. The summed E-state index contributed by atoms with van der Waals surface area (Å²) in [4.78, 5) is 6.03. The highest BCUT2D eigenvalue weighted by atomic mass is 127. The summed E-state index contributed by atoms with van der Waals surface area (Å²) >= 11 is 2.28. The number of halogens is 1. The molecule has 1 aliphatic heterocycles. The molecule has 4 heteroatoms. The van der Waals surface area contributed by atoms with Gasteiger partial charge in [-0.05, 0) is 52.9 Å². The first-order valence-corrected chi connectivity index (χ1v) is 5.35. The van der Waals surface area contributed by atoms with E-state index in [9.17, 15) is 0 Å². The Hall–Kier alpha value is -0.880. The van der Waals surface area contributed by atoms with E-state index < -0.39 is 0 Å². The Morgan fingerprint density at radius 2 is 2.00 bits per heavy atom. The Morgan fingerprint density at radius 3 is 2.64 bits per heavy atom. The lowest BCUT2D eigenvalue weighted by molar-refractivity contribution is 0.711. The van der Waals surface area contributed by atoms with Crippen molar-refractivity contribution in [2.75, 3.05) is 4.90 Å². The fraction of sp³-hybridized carbons (Fsp3) is 0.100. The fourth-order valence-corrected chi connectivity index (χ4v) is 1.64. The van der Waals surface area contributed by atoms with E-state index in [2.05, 4.69) is 39.7 Å². The van der Waals surface area contributed by atoms with Gasteiger partial charge in [0.2, 0.25) is 0 Å². The molecular weight excluding hydrogens is 289 g/mol. The Kier molecular flexibility index (Phi) is 2.83. The van der Waals surface area contributed by atoms with Crippen LogP contribution in [0.5, 0.6) is 0 Å². The average molecular weight is 299 g/mol. The Labute approximate surface area is 96.5 Å². The van der Waals surface area contributed by atoms with E-state index in [0.29, 0.717) is 0 Å². The molecule has 0 aromatic heterocycles. The minimum Gasteiger partial charge on any atom is -0.313 e. The van der Waals surface area contributed by atoms with Crippen LogP contribution in [0.1, 0.15) is 0 Å². The molecule has 0 aliphatic carbocycles. The third kappa shape index (κ3) is 1.96. The van der Waals surface area contributed by atoms with Gasteiger partial charge in [0.1, 0.15) is 0 Å². The number of hydrogen-bond acceptors (Lipinski definition) is 3. The molecule has 1 aromatic carbocycles. The van der Waals surface area contributed by atoms with E-state index in [1.807, 2.05) is 29.3 Å². The zero-order valence-corrected chi connectivity index (χ0v) is 9.63. The molecule has 1 aromatic rings. The van der Waals surface area contributed by atoms with Gasteiger partial charge in [-0.3, -0.25) is 10.7 Å². The van der Waals surface area contributed by atoms with Crippen LogP contribution in [-0.2, 0) is 0 Å². The number of nitrogens with zero attached hydrogens (tertiary/aromatic N) is 2. The van der Waals surface area contributed by atoms with Crippen molar-refractivity contribution in [3.63, 3.8) is 0 Å². The molecular formula is C10H10IN3. The maximum atomic E-state index is 5.82. The Bertz CT molecular complexity index is 369. The van der Waals surface area contributed by atoms with Gasteiger partial charge in [-0.1, -0.05) is 0 Å². The van der Waals surface area contributed by atoms with Gasteiger partial charge in [0.15, 0.2) is 6.29 Å². The van der Waals surface area contributed by atoms with Gasteiger partial charge in [0.05, 0.1) is 0 Å². The standard InChI is InChI=1S/C10H10IN3/c11-8-2-4-9(5-3-8)14-7-1-6-13-10(14)12/h1-7,10H,12H2. The third-order valence-corrected chi connectivity index (χ3v) is 2.70. The molecule has 2 rings (SSSR count). The van der Waals surface area contributed by atoms with Crippen molar-refractivity contribution >= 4 is 34.5 Å². The number of hydrogen-bond donors (Lipinski definition) is 1. The van der Waals surface area contributed by atoms with Crippen molar-refractivity contribution in [1.82, 2.24) is 0 Å². The van der Waals surface area contributed by atoms with Crippen LogP contribution in [0.15, 0.2) is 41.5 Å². The molecule has 0 saturated carbocycles. The molecule has 14 heavy (non-hydrogen) atoms. The molecule has 0 amide bonds. The van der Waals surface area contributed by atoms with E-state index >= 15 is 0 Å². The number of aliphatic imine (C=N–C) groups is 1. The number of benzene rings is 1. The molecule has 1 atom stereocenters. The number of anilines is 1. The second-order valence-corrected chi connectivity index (χ2v) is 4.18. The van der Waals surface area contributed by atoms with E-state index in [0.717, 1.165) is 5.69 Å². The summed E-state index contributed by atoms with van der Waals surface area (Å²) in [5.41, 5.74) is 6.89. The number of allylic oxidation sites excluding steroid dienone is 1. The van der Waals surface area contributed by atoms with E-state index in [1.165, 1.54) is 3.57 Å². The predicted octanol–water partition coefficient (Wildman–Crippen LogP) is 1.94. The van der Waals surface area contributed by atoms with Crippen molar-refractivity contribution in [1.29, 1.82) is 0 Å². The summed E-state index contributed by atoms with van der Waals surface area (Å²) in [6, 6.07) is 8.17. The number of nitrogens with two attached hydrogens (primary N) is 1. The summed E-state index contributed by atoms with van der Waals surface area (Å²) in [6.45, 7) is 0. The van der Waals surface area contributed by atoms with Crippen LogP contribution >= 0.6 is 22.6 Å². The smallest absolute Gasteiger partial charge is 0.177 e. The first-order chi connectivity index (χ1) is 6.77. The van der Waals surface area contributed by atoms with Crippen LogP contribution in [0.4, 0.5) is 5.69 Å². The van der Waals surface area contributed by atoms with Crippen molar-refractivity contribution in [2.24, 2.45) is 10.7 Å². The Balaban J connectivity index is 2.27. The van der Waals surface area contributed by atoms with Crippen LogP contribution in [0.3, 0.4) is 0 Å².